The summed E-state index contributed by atoms with van der Waals surface area (Å²) in [6.07, 6.45) is 0.791. The maximum absolute atomic E-state index is 9.01. The van der Waals surface area contributed by atoms with Gasteiger partial charge in [0.05, 0.1) is 11.6 Å². The van der Waals surface area contributed by atoms with Crippen molar-refractivity contribution < 1.29 is 9.84 Å². The Balaban J connectivity index is 2.67. The van der Waals surface area contributed by atoms with Crippen LogP contribution in [-0.2, 0) is 6.54 Å². The van der Waals surface area contributed by atoms with Crippen LogP contribution in [0.3, 0.4) is 0 Å². The minimum absolute atomic E-state index is 0.0885. The molecule has 0 saturated heterocycles. The number of aliphatic hydroxyl groups excluding tert-OH is 1. The summed E-state index contributed by atoms with van der Waals surface area (Å²) in [6, 6.07) is 4.02. The molecular formula is C14H21Br2NO2. The summed E-state index contributed by atoms with van der Waals surface area (Å²) in [4.78, 5) is 0. The number of halogens is 2. The molecule has 0 aliphatic rings. The van der Waals surface area contributed by atoms with E-state index in [1.165, 1.54) is 0 Å². The zero-order valence-corrected chi connectivity index (χ0v) is 14.8. The molecule has 0 radical (unpaired) electrons. The van der Waals surface area contributed by atoms with Gasteiger partial charge in [-0.25, -0.2) is 0 Å². The van der Waals surface area contributed by atoms with Gasteiger partial charge in [-0.1, -0.05) is 29.8 Å². The fraction of sp³-hybridized carbons (Fsp3) is 0.571. The first kappa shape index (κ1) is 17.0. The Morgan fingerprint density at radius 2 is 2.00 bits per heavy atom. The number of rotatable bonds is 7. The summed E-state index contributed by atoms with van der Waals surface area (Å²) in [5, 5.41) is 12.4. The van der Waals surface area contributed by atoms with Gasteiger partial charge >= 0.3 is 0 Å². The molecular weight excluding hydrogens is 374 g/mol. The van der Waals surface area contributed by atoms with Gasteiger partial charge in [-0.05, 0) is 39.9 Å². The third kappa shape index (κ3) is 5.42. The van der Waals surface area contributed by atoms with Crippen LogP contribution >= 0.6 is 31.9 Å². The van der Waals surface area contributed by atoms with Gasteiger partial charge in [0.1, 0.15) is 5.75 Å². The molecule has 0 saturated carbocycles. The number of aliphatic hydroxyl groups is 1. The first-order chi connectivity index (χ1) is 8.89. The van der Waals surface area contributed by atoms with Crippen molar-refractivity contribution in [3.8, 4) is 5.75 Å². The second-order valence-electron chi connectivity index (χ2n) is 5.32. The molecule has 0 bridgehead atoms. The lowest BCUT2D eigenvalue weighted by molar-refractivity contribution is 0.207. The van der Waals surface area contributed by atoms with Crippen LogP contribution in [0.15, 0.2) is 21.1 Å². The second kappa shape index (κ2) is 7.62. The molecule has 19 heavy (non-hydrogen) atoms. The van der Waals surface area contributed by atoms with Crippen molar-refractivity contribution in [2.75, 3.05) is 20.3 Å². The normalized spacial score (nSPS) is 11.7. The third-order valence-electron chi connectivity index (χ3n) is 3.00. The van der Waals surface area contributed by atoms with Crippen LogP contribution in [0.4, 0.5) is 0 Å². The summed E-state index contributed by atoms with van der Waals surface area (Å²) in [7, 11) is 1.67. The molecule has 3 nitrogen and oxygen atoms in total. The average Bonchev–Trinajstić information content (AvgIpc) is 2.28. The van der Waals surface area contributed by atoms with Gasteiger partial charge in [-0.3, -0.25) is 0 Å². The molecule has 0 aromatic heterocycles. The molecule has 0 aliphatic heterocycles. The number of methoxy groups -OCH3 is 1. The Labute approximate surface area is 132 Å². The highest BCUT2D eigenvalue weighted by molar-refractivity contribution is 9.11. The first-order valence-electron chi connectivity index (χ1n) is 6.23. The SMILES string of the molecule is COc1c(Br)cc(Br)cc1CNCC(C)(C)CCO. The molecule has 0 fully saturated rings. The summed E-state index contributed by atoms with van der Waals surface area (Å²) >= 11 is 6.98. The predicted molar refractivity (Wildman–Crippen MR) is 85.6 cm³/mol. The quantitative estimate of drug-likeness (QED) is 0.740. The molecule has 0 atom stereocenters. The van der Waals surface area contributed by atoms with Crippen LogP contribution in [0.2, 0.25) is 0 Å². The molecule has 0 heterocycles. The maximum atomic E-state index is 9.01. The van der Waals surface area contributed by atoms with Crippen LogP contribution in [0.5, 0.6) is 5.75 Å². The zero-order valence-electron chi connectivity index (χ0n) is 11.6. The summed E-state index contributed by atoms with van der Waals surface area (Å²) in [6.45, 7) is 6.09. The molecule has 1 rings (SSSR count). The van der Waals surface area contributed by atoms with E-state index in [2.05, 4.69) is 57.1 Å². The Morgan fingerprint density at radius 1 is 1.32 bits per heavy atom. The fourth-order valence-corrected chi connectivity index (χ4v) is 3.38. The topological polar surface area (TPSA) is 41.5 Å². The predicted octanol–water partition coefficient (Wildman–Crippen LogP) is 3.72. The summed E-state index contributed by atoms with van der Waals surface area (Å²) in [5.41, 5.74) is 1.19. The standard InChI is InChI=1S/C14H21Br2NO2/c1-14(2,4-5-18)9-17-8-10-6-11(15)7-12(16)13(10)19-3/h6-7,17-18H,4-5,8-9H2,1-3H3. The zero-order chi connectivity index (χ0) is 14.5. The Kier molecular flexibility index (Phi) is 6.80. The molecule has 0 aliphatic carbocycles. The van der Waals surface area contributed by atoms with E-state index in [0.29, 0.717) is 0 Å². The van der Waals surface area contributed by atoms with Gasteiger partial charge in [-0.15, -0.1) is 0 Å². The smallest absolute Gasteiger partial charge is 0.137 e. The largest absolute Gasteiger partial charge is 0.495 e. The van der Waals surface area contributed by atoms with Crippen LogP contribution < -0.4 is 10.1 Å². The lowest BCUT2D eigenvalue weighted by Gasteiger charge is -2.24. The van der Waals surface area contributed by atoms with Gasteiger partial charge in [0.2, 0.25) is 0 Å². The molecule has 1 aromatic carbocycles. The Morgan fingerprint density at radius 3 is 2.58 bits per heavy atom. The van der Waals surface area contributed by atoms with Crippen molar-refractivity contribution in [3.63, 3.8) is 0 Å². The Bertz CT molecular complexity index is 422. The monoisotopic (exact) mass is 393 g/mol. The highest BCUT2D eigenvalue weighted by Gasteiger charge is 2.17. The maximum Gasteiger partial charge on any atom is 0.137 e. The number of nitrogens with one attached hydrogen (secondary N) is 1. The number of benzene rings is 1. The van der Waals surface area contributed by atoms with E-state index in [0.717, 1.165) is 39.8 Å². The van der Waals surface area contributed by atoms with Crippen molar-refractivity contribution in [2.45, 2.75) is 26.8 Å². The lowest BCUT2D eigenvalue weighted by atomic mass is 9.90. The van der Waals surface area contributed by atoms with Crippen molar-refractivity contribution >= 4 is 31.9 Å². The molecule has 108 valence electrons. The van der Waals surface area contributed by atoms with Crippen LogP contribution in [-0.4, -0.2) is 25.4 Å². The van der Waals surface area contributed by atoms with Crippen molar-refractivity contribution in [3.05, 3.63) is 26.6 Å². The minimum atomic E-state index is 0.0885. The van der Waals surface area contributed by atoms with E-state index >= 15 is 0 Å². The highest BCUT2D eigenvalue weighted by Crippen LogP contribution is 2.32. The van der Waals surface area contributed by atoms with E-state index < -0.39 is 0 Å². The number of hydrogen-bond donors (Lipinski definition) is 2. The van der Waals surface area contributed by atoms with Gasteiger partial charge in [0.15, 0.2) is 0 Å². The van der Waals surface area contributed by atoms with E-state index in [4.69, 9.17) is 9.84 Å². The third-order valence-corrected chi connectivity index (χ3v) is 4.04. The molecule has 0 unspecified atom stereocenters. The second-order valence-corrected chi connectivity index (χ2v) is 7.09. The van der Waals surface area contributed by atoms with E-state index in [1.807, 2.05) is 6.07 Å². The van der Waals surface area contributed by atoms with Crippen LogP contribution in [0.25, 0.3) is 0 Å². The minimum Gasteiger partial charge on any atom is -0.495 e. The van der Waals surface area contributed by atoms with Gasteiger partial charge in [0, 0.05) is 29.7 Å². The Hall–Kier alpha value is -0.100. The van der Waals surface area contributed by atoms with Crippen LogP contribution in [0, 0.1) is 5.41 Å². The lowest BCUT2D eigenvalue weighted by Crippen LogP contribution is -2.30. The van der Waals surface area contributed by atoms with E-state index in [9.17, 15) is 0 Å². The van der Waals surface area contributed by atoms with Gasteiger partial charge in [0.25, 0.3) is 0 Å². The van der Waals surface area contributed by atoms with Crippen molar-refractivity contribution in [1.82, 2.24) is 5.32 Å². The molecule has 2 N–H and O–H groups in total. The van der Waals surface area contributed by atoms with E-state index in [-0.39, 0.29) is 12.0 Å². The number of hydrogen-bond acceptors (Lipinski definition) is 3. The molecule has 0 amide bonds. The average molecular weight is 395 g/mol. The highest BCUT2D eigenvalue weighted by atomic mass is 79.9. The van der Waals surface area contributed by atoms with E-state index in [1.54, 1.807) is 7.11 Å². The summed E-state index contributed by atoms with van der Waals surface area (Å²) < 4.78 is 7.37. The molecule has 0 spiro atoms. The molecule has 5 heteroatoms. The van der Waals surface area contributed by atoms with Gasteiger partial charge in [-0.2, -0.15) is 0 Å². The van der Waals surface area contributed by atoms with Crippen molar-refractivity contribution in [1.29, 1.82) is 0 Å². The first-order valence-corrected chi connectivity index (χ1v) is 7.82. The summed E-state index contributed by atoms with van der Waals surface area (Å²) in [5.74, 6) is 0.857. The van der Waals surface area contributed by atoms with Crippen LogP contribution in [0.1, 0.15) is 25.8 Å². The number of ether oxygens (including phenoxy) is 1. The fourth-order valence-electron chi connectivity index (χ4n) is 1.90. The molecule has 1 aromatic rings. The van der Waals surface area contributed by atoms with Crippen molar-refractivity contribution in [2.24, 2.45) is 5.41 Å². The van der Waals surface area contributed by atoms with Gasteiger partial charge < -0.3 is 15.2 Å².